The van der Waals surface area contributed by atoms with Gasteiger partial charge >= 0.3 is 6.18 Å². The average Bonchev–Trinajstić information content (AvgIpc) is 3.30. The van der Waals surface area contributed by atoms with Crippen LogP contribution in [0.5, 0.6) is 0 Å². The summed E-state index contributed by atoms with van der Waals surface area (Å²) in [4.78, 5) is 33.7. The molecule has 2 amide bonds. The first-order chi connectivity index (χ1) is 15.8. The number of halogens is 3. The summed E-state index contributed by atoms with van der Waals surface area (Å²) in [5, 5.41) is 1.57. The van der Waals surface area contributed by atoms with E-state index >= 15 is 0 Å². The summed E-state index contributed by atoms with van der Waals surface area (Å²) in [6.45, 7) is 1.90. The zero-order valence-electron chi connectivity index (χ0n) is 17.5. The van der Waals surface area contributed by atoms with E-state index in [0.717, 1.165) is 28.2 Å². The van der Waals surface area contributed by atoms with Crippen molar-refractivity contribution in [3.8, 4) is 0 Å². The van der Waals surface area contributed by atoms with Crippen LogP contribution in [0.15, 0.2) is 78.9 Å². The monoisotopic (exact) mass is 452 g/mol. The molecule has 2 aliphatic rings. The molecule has 0 bridgehead atoms. The largest absolute Gasteiger partial charge is 0.416 e. The van der Waals surface area contributed by atoms with Crippen LogP contribution in [-0.4, -0.2) is 17.9 Å². The Morgan fingerprint density at radius 2 is 1.48 bits per heavy atom. The third-order valence-corrected chi connectivity index (χ3v) is 6.06. The Hall–Kier alpha value is -3.65. The fourth-order valence-corrected chi connectivity index (χ4v) is 4.52. The summed E-state index contributed by atoms with van der Waals surface area (Å²) in [7, 11) is 0. The predicted octanol–water partition coefficient (Wildman–Crippen LogP) is 5.06. The molecule has 5 rings (SSSR count). The molecule has 2 aliphatic heterocycles. The first kappa shape index (κ1) is 21.2. The highest BCUT2D eigenvalue weighted by Gasteiger charge is 2.60. The lowest BCUT2D eigenvalue weighted by Gasteiger charge is -2.29. The Morgan fingerprint density at radius 3 is 2.18 bits per heavy atom. The van der Waals surface area contributed by atoms with Crippen molar-refractivity contribution in [2.75, 3.05) is 9.96 Å². The van der Waals surface area contributed by atoms with Crippen LogP contribution in [-0.2, 0) is 20.6 Å². The number of hydrogen-bond donors (Lipinski definition) is 0. The highest BCUT2D eigenvalue weighted by Crippen LogP contribution is 2.48. The number of rotatable bonds is 3. The van der Waals surface area contributed by atoms with Gasteiger partial charge in [-0.15, -0.1) is 0 Å². The van der Waals surface area contributed by atoms with Gasteiger partial charge in [-0.2, -0.15) is 13.2 Å². The van der Waals surface area contributed by atoms with Crippen molar-refractivity contribution in [2.24, 2.45) is 5.92 Å². The number of hydrogen-bond acceptors (Lipinski definition) is 4. The molecule has 168 valence electrons. The van der Waals surface area contributed by atoms with Gasteiger partial charge in [-0.1, -0.05) is 48.5 Å². The Bertz CT molecular complexity index is 1230. The molecule has 0 spiro atoms. The van der Waals surface area contributed by atoms with Gasteiger partial charge in [0, 0.05) is 0 Å². The maximum Gasteiger partial charge on any atom is 0.416 e. The molecule has 0 aromatic heterocycles. The number of alkyl halides is 3. The van der Waals surface area contributed by atoms with E-state index in [1.54, 1.807) is 5.06 Å². The summed E-state index contributed by atoms with van der Waals surface area (Å²) in [5.74, 6) is -2.18. The van der Waals surface area contributed by atoms with Crippen molar-refractivity contribution in [2.45, 2.75) is 25.2 Å². The van der Waals surface area contributed by atoms with Gasteiger partial charge in [-0.3, -0.25) is 14.4 Å². The second-order valence-electron chi connectivity index (χ2n) is 8.07. The molecule has 2 heterocycles. The van der Waals surface area contributed by atoms with Crippen LogP contribution in [0.4, 0.5) is 24.5 Å². The van der Waals surface area contributed by atoms with E-state index in [4.69, 9.17) is 4.84 Å². The van der Waals surface area contributed by atoms with Crippen molar-refractivity contribution in [3.63, 3.8) is 0 Å². The molecule has 3 atom stereocenters. The number of nitrogens with zero attached hydrogens (tertiary/aromatic N) is 2. The van der Waals surface area contributed by atoms with Crippen LogP contribution in [0.3, 0.4) is 0 Å². The minimum Gasteiger partial charge on any atom is -0.273 e. The Labute approximate surface area is 187 Å². The summed E-state index contributed by atoms with van der Waals surface area (Å²) >= 11 is 0. The lowest BCUT2D eigenvalue weighted by molar-refractivity contribution is -0.137. The highest BCUT2D eigenvalue weighted by molar-refractivity contribution is 6.24. The van der Waals surface area contributed by atoms with Gasteiger partial charge in [0.25, 0.3) is 5.91 Å². The standard InChI is InChI=1S/C25H19F3N2O3/c1-15-8-5-6-13-19(15)21-20-22(33-30(21)17-10-3-2-4-11-17)24(32)29(23(20)31)18-12-7-9-16(14-18)25(26,27)28/h2-14,20-22H,1H3/t20-,21+,22+/m1/s1. The van der Waals surface area contributed by atoms with Crippen LogP contribution < -0.4 is 9.96 Å². The molecule has 0 unspecified atom stereocenters. The second kappa shape index (κ2) is 7.74. The van der Waals surface area contributed by atoms with Gasteiger partial charge in [0.1, 0.15) is 5.92 Å². The molecule has 0 saturated carbocycles. The van der Waals surface area contributed by atoms with E-state index in [2.05, 4.69) is 0 Å². The quantitative estimate of drug-likeness (QED) is 0.521. The number of imide groups is 1. The number of amides is 2. The van der Waals surface area contributed by atoms with Crippen LogP contribution >= 0.6 is 0 Å². The minimum atomic E-state index is -4.60. The molecule has 33 heavy (non-hydrogen) atoms. The van der Waals surface area contributed by atoms with Crippen molar-refractivity contribution < 1.29 is 27.6 Å². The molecule has 3 aromatic carbocycles. The lowest BCUT2D eigenvalue weighted by atomic mass is 9.88. The summed E-state index contributed by atoms with van der Waals surface area (Å²) in [5.41, 5.74) is 1.34. The Kier molecular flexibility index (Phi) is 4.97. The molecule has 0 aliphatic carbocycles. The zero-order valence-corrected chi connectivity index (χ0v) is 17.5. The molecule has 5 nitrogen and oxygen atoms in total. The van der Waals surface area contributed by atoms with E-state index in [-0.39, 0.29) is 5.69 Å². The van der Waals surface area contributed by atoms with E-state index < -0.39 is 41.6 Å². The molecular weight excluding hydrogens is 433 g/mol. The fourth-order valence-electron chi connectivity index (χ4n) is 4.52. The average molecular weight is 452 g/mol. The number of fused-ring (bicyclic) bond motifs is 1. The number of carbonyl (C=O) groups is 2. The number of aryl methyl sites for hydroxylation is 1. The van der Waals surface area contributed by atoms with Crippen molar-refractivity contribution in [3.05, 3.63) is 95.6 Å². The number of benzene rings is 3. The third-order valence-electron chi connectivity index (χ3n) is 6.06. The van der Waals surface area contributed by atoms with E-state index in [0.29, 0.717) is 5.69 Å². The van der Waals surface area contributed by atoms with Crippen LogP contribution in [0.1, 0.15) is 22.7 Å². The number of hydroxylamine groups is 1. The third kappa shape index (κ3) is 3.47. The van der Waals surface area contributed by atoms with Gasteiger partial charge < -0.3 is 0 Å². The smallest absolute Gasteiger partial charge is 0.273 e. The van der Waals surface area contributed by atoms with E-state index in [1.165, 1.54) is 12.1 Å². The highest BCUT2D eigenvalue weighted by atomic mass is 19.4. The van der Waals surface area contributed by atoms with Crippen LogP contribution in [0, 0.1) is 12.8 Å². The topological polar surface area (TPSA) is 49.9 Å². The maximum atomic E-state index is 13.5. The molecular formula is C25H19F3N2O3. The van der Waals surface area contributed by atoms with E-state index in [9.17, 15) is 22.8 Å². The Balaban J connectivity index is 1.59. The number of carbonyl (C=O) groups excluding carboxylic acids is 2. The molecule has 8 heteroatoms. The first-order valence-corrected chi connectivity index (χ1v) is 10.4. The molecule has 2 saturated heterocycles. The molecule has 0 radical (unpaired) electrons. The minimum absolute atomic E-state index is 0.118. The summed E-state index contributed by atoms with van der Waals surface area (Å²) in [6.07, 6.45) is -5.74. The van der Waals surface area contributed by atoms with Crippen LogP contribution in [0.25, 0.3) is 0 Å². The van der Waals surface area contributed by atoms with Gasteiger partial charge in [-0.05, 0) is 48.4 Å². The summed E-state index contributed by atoms with van der Waals surface area (Å²) < 4.78 is 39.7. The predicted molar refractivity (Wildman–Crippen MR) is 115 cm³/mol. The van der Waals surface area contributed by atoms with Crippen LogP contribution in [0.2, 0.25) is 0 Å². The van der Waals surface area contributed by atoms with Gasteiger partial charge in [0.05, 0.1) is 23.0 Å². The normalized spacial score (nSPS) is 22.7. The van der Waals surface area contributed by atoms with E-state index in [1.807, 2.05) is 61.5 Å². The van der Waals surface area contributed by atoms with Crippen molar-refractivity contribution in [1.29, 1.82) is 0 Å². The molecule has 3 aromatic rings. The van der Waals surface area contributed by atoms with Crippen molar-refractivity contribution >= 4 is 23.2 Å². The molecule has 0 N–H and O–H groups in total. The maximum absolute atomic E-state index is 13.5. The van der Waals surface area contributed by atoms with Gasteiger partial charge in [0.15, 0.2) is 6.10 Å². The van der Waals surface area contributed by atoms with Gasteiger partial charge in [-0.25, -0.2) is 9.96 Å². The SMILES string of the molecule is Cc1ccccc1[C@H]1[C@H]2C(=O)N(c3cccc(C(F)(F)F)c3)C(=O)[C@H]2ON1c1ccccc1. The first-order valence-electron chi connectivity index (χ1n) is 10.4. The number of para-hydroxylation sites is 1. The number of anilines is 2. The fraction of sp³-hybridized carbons (Fsp3) is 0.200. The second-order valence-corrected chi connectivity index (χ2v) is 8.07. The van der Waals surface area contributed by atoms with Gasteiger partial charge in [0.2, 0.25) is 5.91 Å². The lowest BCUT2D eigenvalue weighted by Crippen LogP contribution is -2.37. The molecule has 2 fully saturated rings. The zero-order chi connectivity index (χ0) is 23.3. The Morgan fingerprint density at radius 1 is 0.818 bits per heavy atom. The van der Waals surface area contributed by atoms with Crippen molar-refractivity contribution in [1.82, 2.24) is 0 Å². The summed E-state index contributed by atoms with van der Waals surface area (Å²) in [6, 6.07) is 20.2.